The fourth-order valence-corrected chi connectivity index (χ4v) is 3.64. The van der Waals surface area contributed by atoms with Crippen LogP contribution in [0.5, 0.6) is 11.5 Å². The van der Waals surface area contributed by atoms with Crippen molar-refractivity contribution in [1.82, 2.24) is 10.6 Å². The molecule has 178 valence electrons. The number of nitrogens with one attached hydrogen (secondary N) is 2. The van der Waals surface area contributed by atoms with Gasteiger partial charge in [0.1, 0.15) is 11.5 Å². The van der Waals surface area contributed by atoms with Crippen LogP contribution in [0.15, 0.2) is 60.7 Å². The molecule has 0 aliphatic heterocycles. The van der Waals surface area contributed by atoms with E-state index in [1.54, 1.807) is 36.4 Å². The summed E-state index contributed by atoms with van der Waals surface area (Å²) in [6.45, 7) is 4.25. The fraction of sp³-hybridized carbons (Fsp3) is 0.231. The Hall–Kier alpha value is -3.22. The molecular weight excluding hydrogens is 475 g/mol. The van der Waals surface area contributed by atoms with Crippen molar-refractivity contribution in [2.24, 2.45) is 0 Å². The summed E-state index contributed by atoms with van der Waals surface area (Å²) < 4.78 is 11.1. The molecule has 0 saturated heterocycles. The summed E-state index contributed by atoms with van der Waals surface area (Å²) in [6, 6.07) is 18.1. The first kappa shape index (κ1) is 25.4. The highest BCUT2D eigenvalue weighted by molar-refractivity contribution is 6.31. The highest BCUT2D eigenvalue weighted by Crippen LogP contribution is 2.22. The molecule has 0 atom stereocenters. The van der Waals surface area contributed by atoms with E-state index in [9.17, 15) is 9.59 Å². The summed E-state index contributed by atoms with van der Waals surface area (Å²) in [6.07, 6.45) is 0. The predicted octanol–water partition coefficient (Wildman–Crippen LogP) is 5.00. The Morgan fingerprint density at radius 2 is 1.15 bits per heavy atom. The van der Waals surface area contributed by atoms with Gasteiger partial charge >= 0.3 is 0 Å². The molecule has 0 aliphatic carbocycles. The lowest BCUT2D eigenvalue weighted by Gasteiger charge is -2.11. The van der Waals surface area contributed by atoms with Crippen LogP contribution in [0.3, 0.4) is 0 Å². The van der Waals surface area contributed by atoms with Gasteiger partial charge in [0.15, 0.2) is 13.2 Å². The zero-order chi connectivity index (χ0) is 24.5. The average molecular weight is 501 g/mol. The lowest BCUT2D eigenvalue weighted by molar-refractivity contribution is -0.124. The van der Waals surface area contributed by atoms with Crippen molar-refractivity contribution in [2.75, 3.05) is 13.2 Å². The molecule has 0 aromatic heterocycles. The van der Waals surface area contributed by atoms with Gasteiger partial charge in [0, 0.05) is 23.1 Å². The third-order valence-electron chi connectivity index (χ3n) is 4.96. The zero-order valence-corrected chi connectivity index (χ0v) is 20.5. The Bertz CT molecular complexity index is 1080. The molecule has 3 rings (SSSR count). The van der Waals surface area contributed by atoms with Gasteiger partial charge in [-0.1, -0.05) is 47.5 Å². The average Bonchev–Trinajstić information content (AvgIpc) is 2.80. The molecule has 34 heavy (non-hydrogen) atoms. The normalized spacial score (nSPS) is 10.5. The number of amides is 2. The van der Waals surface area contributed by atoms with E-state index < -0.39 is 0 Å². The molecule has 0 saturated carbocycles. The van der Waals surface area contributed by atoms with E-state index in [4.69, 9.17) is 32.7 Å². The van der Waals surface area contributed by atoms with Gasteiger partial charge in [0.05, 0.1) is 0 Å². The number of carbonyl (C=O) groups excluding carboxylic acids is 2. The van der Waals surface area contributed by atoms with Crippen LogP contribution >= 0.6 is 23.2 Å². The highest BCUT2D eigenvalue weighted by atomic mass is 35.5. The third-order valence-corrected chi connectivity index (χ3v) is 5.43. The fourth-order valence-electron chi connectivity index (χ4n) is 3.19. The molecule has 0 unspecified atom stereocenters. The highest BCUT2D eigenvalue weighted by Gasteiger charge is 2.08. The van der Waals surface area contributed by atoms with E-state index in [-0.39, 0.29) is 25.0 Å². The predicted molar refractivity (Wildman–Crippen MR) is 134 cm³/mol. The molecule has 6 nitrogen and oxygen atoms in total. The summed E-state index contributed by atoms with van der Waals surface area (Å²) in [4.78, 5) is 24.3. The lowest BCUT2D eigenvalue weighted by atomic mass is 10.1. The van der Waals surface area contributed by atoms with E-state index in [2.05, 4.69) is 10.6 Å². The summed E-state index contributed by atoms with van der Waals surface area (Å²) in [5.74, 6) is 0.769. The van der Waals surface area contributed by atoms with E-state index in [1.165, 1.54) is 0 Å². The number of aryl methyl sites for hydroxylation is 2. The molecule has 0 heterocycles. The number of rotatable bonds is 10. The molecule has 0 aliphatic rings. The van der Waals surface area contributed by atoms with Crippen molar-refractivity contribution >= 4 is 35.0 Å². The van der Waals surface area contributed by atoms with Gasteiger partial charge in [-0.05, 0) is 72.5 Å². The van der Waals surface area contributed by atoms with Crippen LogP contribution in [-0.2, 0) is 22.7 Å². The maximum absolute atomic E-state index is 12.2. The van der Waals surface area contributed by atoms with Crippen molar-refractivity contribution in [3.8, 4) is 11.5 Å². The monoisotopic (exact) mass is 500 g/mol. The number of hydrogen-bond donors (Lipinski definition) is 2. The second-order valence-corrected chi connectivity index (χ2v) is 8.64. The molecular formula is C26H26Cl2N2O4. The van der Waals surface area contributed by atoms with Crippen LogP contribution in [0.2, 0.25) is 10.0 Å². The Morgan fingerprint density at radius 1 is 0.706 bits per heavy atom. The van der Waals surface area contributed by atoms with E-state index in [0.29, 0.717) is 34.6 Å². The van der Waals surface area contributed by atoms with Crippen LogP contribution in [-0.4, -0.2) is 25.0 Å². The van der Waals surface area contributed by atoms with Gasteiger partial charge in [-0.2, -0.15) is 0 Å². The van der Waals surface area contributed by atoms with Crippen molar-refractivity contribution in [3.05, 3.63) is 93.0 Å². The molecule has 3 aromatic carbocycles. The second kappa shape index (κ2) is 12.3. The number of ether oxygens (including phenoxy) is 2. The van der Waals surface area contributed by atoms with Gasteiger partial charge in [0.25, 0.3) is 11.8 Å². The zero-order valence-electron chi connectivity index (χ0n) is 19.0. The van der Waals surface area contributed by atoms with Crippen LogP contribution in [0.25, 0.3) is 0 Å². The van der Waals surface area contributed by atoms with Gasteiger partial charge in [-0.3, -0.25) is 9.59 Å². The Morgan fingerprint density at radius 3 is 1.56 bits per heavy atom. The maximum Gasteiger partial charge on any atom is 0.258 e. The smallest absolute Gasteiger partial charge is 0.258 e. The maximum atomic E-state index is 12.2. The topological polar surface area (TPSA) is 76.7 Å². The van der Waals surface area contributed by atoms with E-state index in [1.807, 2.05) is 38.1 Å². The van der Waals surface area contributed by atoms with Crippen molar-refractivity contribution < 1.29 is 19.1 Å². The molecule has 8 heteroatoms. The van der Waals surface area contributed by atoms with Crippen molar-refractivity contribution in [1.29, 1.82) is 0 Å². The molecule has 0 spiro atoms. The van der Waals surface area contributed by atoms with Crippen molar-refractivity contribution in [2.45, 2.75) is 26.9 Å². The number of carbonyl (C=O) groups is 2. The number of benzene rings is 3. The largest absolute Gasteiger partial charge is 0.484 e. The number of hydrogen-bond acceptors (Lipinski definition) is 4. The summed E-state index contributed by atoms with van der Waals surface area (Å²) in [7, 11) is 0. The standard InChI is InChI=1S/C26H26Cl2N2O4/c1-17-10-21(27)6-8-23(17)33-15-25(31)29-13-19-4-3-5-20(12-19)14-30-26(32)16-34-24-9-7-22(28)11-18(24)2/h3-12H,13-16H2,1-2H3,(H,29,31)(H,30,32). The van der Waals surface area contributed by atoms with Gasteiger partial charge in [-0.25, -0.2) is 0 Å². The first-order valence-corrected chi connectivity index (χ1v) is 11.4. The lowest BCUT2D eigenvalue weighted by Crippen LogP contribution is -2.29. The van der Waals surface area contributed by atoms with Crippen LogP contribution in [0, 0.1) is 13.8 Å². The molecule has 0 radical (unpaired) electrons. The number of halogens is 2. The molecule has 2 N–H and O–H groups in total. The molecule has 2 amide bonds. The minimum absolute atomic E-state index is 0.0920. The Kier molecular flexibility index (Phi) is 9.19. The molecule has 0 bridgehead atoms. The minimum atomic E-state index is -0.234. The van der Waals surface area contributed by atoms with Gasteiger partial charge < -0.3 is 20.1 Å². The van der Waals surface area contributed by atoms with Crippen LogP contribution in [0.4, 0.5) is 0 Å². The van der Waals surface area contributed by atoms with Crippen LogP contribution < -0.4 is 20.1 Å². The van der Waals surface area contributed by atoms with Gasteiger partial charge in [-0.15, -0.1) is 0 Å². The summed E-state index contributed by atoms with van der Waals surface area (Å²) in [5, 5.41) is 6.91. The second-order valence-electron chi connectivity index (χ2n) is 7.77. The van der Waals surface area contributed by atoms with E-state index >= 15 is 0 Å². The summed E-state index contributed by atoms with van der Waals surface area (Å²) in [5.41, 5.74) is 3.55. The summed E-state index contributed by atoms with van der Waals surface area (Å²) >= 11 is 11.9. The SMILES string of the molecule is Cc1cc(Cl)ccc1OCC(=O)NCc1cccc(CNC(=O)COc2ccc(Cl)cc2C)c1. The quantitative estimate of drug-likeness (QED) is 0.410. The Balaban J connectivity index is 1.41. The molecule has 0 fully saturated rings. The molecule has 3 aromatic rings. The Labute approximate surface area is 209 Å². The minimum Gasteiger partial charge on any atom is -0.484 e. The third kappa shape index (κ3) is 7.97. The van der Waals surface area contributed by atoms with E-state index in [0.717, 1.165) is 22.3 Å². The first-order chi connectivity index (χ1) is 16.3. The van der Waals surface area contributed by atoms with Crippen molar-refractivity contribution in [3.63, 3.8) is 0 Å². The first-order valence-electron chi connectivity index (χ1n) is 10.7. The van der Waals surface area contributed by atoms with Crippen LogP contribution in [0.1, 0.15) is 22.3 Å². The van der Waals surface area contributed by atoms with Gasteiger partial charge in [0.2, 0.25) is 0 Å².